The van der Waals surface area contributed by atoms with Crippen molar-refractivity contribution in [1.29, 1.82) is 0 Å². The number of aromatic nitrogens is 1. The second-order valence-electron chi connectivity index (χ2n) is 7.76. The van der Waals surface area contributed by atoms with Crippen molar-refractivity contribution in [2.24, 2.45) is 5.73 Å². The summed E-state index contributed by atoms with van der Waals surface area (Å²) in [5.74, 6) is -0.344. The molecule has 2 amide bonds. The highest BCUT2D eigenvalue weighted by molar-refractivity contribution is 6.30. The SMILES string of the molecule is CC(C)(C(=O)NC[C@H](N)c1ccc(C(=O)Nc2ccncc2)cc1)c1ccc(Cl)cc1. The van der Waals surface area contributed by atoms with E-state index in [-0.39, 0.29) is 18.4 Å². The van der Waals surface area contributed by atoms with E-state index in [9.17, 15) is 9.59 Å². The van der Waals surface area contributed by atoms with Crippen LogP contribution in [0.25, 0.3) is 0 Å². The molecule has 0 saturated carbocycles. The molecule has 4 N–H and O–H groups in total. The molecule has 0 aliphatic heterocycles. The first-order valence-corrected chi connectivity index (χ1v) is 10.3. The normalized spacial score (nSPS) is 12.1. The molecule has 7 heteroatoms. The quantitative estimate of drug-likeness (QED) is 0.519. The van der Waals surface area contributed by atoms with Crippen molar-refractivity contribution in [1.82, 2.24) is 10.3 Å². The molecular formula is C24H25ClN4O2. The van der Waals surface area contributed by atoms with Gasteiger partial charge < -0.3 is 16.4 Å². The van der Waals surface area contributed by atoms with Gasteiger partial charge in [0.25, 0.3) is 5.91 Å². The molecule has 0 spiro atoms. The van der Waals surface area contributed by atoms with Crippen molar-refractivity contribution in [3.63, 3.8) is 0 Å². The highest BCUT2D eigenvalue weighted by Gasteiger charge is 2.29. The summed E-state index contributed by atoms with van der Waals surface area (Å²) in [5.41, 5.74) is 8.41. The Morgan fingerprint density at radius 3 is 2.23 bits per heavy atom. The number of amides is 2. The summed E-state index contributed by atoms with van der Waals surface area (Å²) in [6.45, 7) is 3.99. The first-order valence-electron chi connectivity index (χ1n) is 9.88. The Labute approximate surface area is 186 Å². The summed E-state index contributed by atoms with van der Waals surface area (Å²) in [6.07, 6.45) is 3.22. The topological polar surface area (TPSA) is 97.1 Å². The van der Waals surface area contributed by atoms with Crippen molar-refractivity contribution >= 4 is 29.1 Å². The van der Waals surface area contributed by atoms with Crippen LogP contribution in [-0.2, 0) is 10.2 Å². The monoisotopic (exact) mass is 436 g/mol. The average Bonchev–Trinajstić information content (AvgIpc) is 2.78. The average molecular weight is 437 g/mol. The maximum Gasteiger partial charge on any atom is 0.255 e. The molecule has 0 saturated heterocycles. The molecule has 0 fully saturated rings. The van der Waals surface area contributed by atoms with Crippen LogP contribution in [0.5, 0.6) is 0 Å². The molecule has 0 radical (unpaired) electrons. The summed E-state index contributed by atoms with van der Waals surface area (Å²) >= 11 is 5.94. The molecule has 1 atom stereocenters. The number of rotatable bonds is 7. The van der Waals surface area contributed by atoms with Gasteiger partial charge in [-0.15, -0.1) is 0 Å². The third kappa shape index (κ3) is 5.69. The van der Waals surface area contributed by atoms with Crippen LogP contribution in [0.4, 0.5) is 5.69 Å². The van der Waals surface area contributed by atoms with Crippen LogP contribution in [0.3, 0.4) is 0 Å². The summed E-state index contributed by atoms with van der Waals surface area (Å²) in [4.78, 5) is 29.0. The zero-order valence-electron chi connectivity index (χ0n) is 17.4. The van der Waals surface area contributed by atoms with Crippen LogP contribution in [0, 0.1) is 0 Å². The number of hydrogen-bond acceptors (Lipinski definition) is 4. The molecule has 0 aliphatic carbocycles. The van der Waals surface area contributed by atoms with E-state index in [4.69, 9.17) is 17.3 Å². The van der Waals surface area contributed by atoms with Gasteiger partial charge in [-0.1, -0.05) is 35.9 Å². The zero-order valence-corrected chi connectivity index (χ0v) is 18.2. The predicted octanol–water partition coefficient (Wildman–Crippen LogP) is 4.08. The lowest BCUT2D eigenvalue weighted by atomic mass is 9.83. The van der Waals surface area contributed by atoms with Gasteiger partial charge in [-0.05, 0) is 61.4 Å². The maximum absolute atomic E-state index is 12.7. The second-order valence-corrected chi connectivity index (χ2v) is 8.20. The predicted molar refractivity (Wildman–Crippen MR) is 123 cm³/mol. The molecule has 1 aromatic heterocycles. The van der Waals surface area contributed by atoms with Gasteiger partial charge in [0.2, 0.25) is 5.91 Å². The van der Waals surface area contributed by atoms with Crippen LogP contribution in [-0.4, -0.2) is 23.3 Å². The second kappa shape index (κ2) is 9.73. The van der Waals surface area contributed by atoms with E-state index in [0.29, 0.717) is 16.3 Å². The zero-order chi connectivity index (χ0) is 22.4. The van der Waals surface area contributed by atoms with E-state index in [0.717, 1.165) is 11.1 Å². The highest BCUT2D eigenvalue weighted by atomic mass is 35.5. The highest BCUT2D eigenvalue weighted by Crippen LogP contribution is 2.25. The Bertz CT molecular complexity index is 1040. The number of nitrogens with one attached hydrogen (secondary N) is 2. The van der Waals surface area contributed by atoms with E-state index in [1.54, 1.807) is 60.9 Å². The van der Waals surface area contributed by atoms with Crippen molar-refractivity contribution in [3.05, 3.63) is 94.8 Å². The van der Waals surface area contributed by atoms with Gasteiger partial charge in [-0.2, -0.15) is 0 Å². The van der Waals surface area contributed by atoms with Crippen molar-refractivity contribution in [2.75, 3.05) is 11.9 Å². The molecule has 0 unspecified atom stereocenters. The fourth-order valence-electron chi connectivity index (χ4n) is 3.06. The molecule has 0 bridgehead atoms. The number of hydrogen-bond donors (Lipinski definition) is 3. The van der Waals surface area contributed by atoms with Crippen LogP contribution in [0.15, 0.2) is 73.1 Å². The molecule has 3 rings (SSSR count). The summed E-state index contributed by atoms with van der Waals surface area (Å²) in [5, 5.41) is 6.35. The fourth-order valence-corrected chi connectivity index (χ4v) is 3.19. The molecule has 3 aromatic rings. The Kier molecular flexibility index (Phi) is 7.05. The molecular weight excluding hydrogens is 412 g/mol. The number of carbonyl (C=O) groups excluding carboxylic acids is 2. The van der Waals surface area contributed by atoms with Crippen LogP contribution >= 0.6 is 11.6 Å². The standard InChI is InChI=1S/C24H25ClN4O2/c1-24(2,18-7-9-19(25)10-8-18)23(31)28-15-21(26)16-3-5-17(6-4-16)22(30)29-20-11-13-27-14-12-20/h3-14,21H,15,26H2,1-2H3,(H,28,31)(H,27,29,30)/t21-/m0/s1. The third-order valence-corrected chi connectivity index (χ3v) is 5.41. The van der Waals surface area contributed by atoms with E-state index >= 15 is 0 Å². The lowest BCUT2D eigenvalue weighted by Crippen LogP contribution is -2.42. The summed E-state index contributed by atoms with van der Waals surface area (Å²) < 4.78 is 0. The number of nitrogens with two attached hydrogens (primary N) is 1. The van der Waals surface area contributed by atoms with Crippen LogP contribution < -0.4 is 16.4 Å². The Morgan fingerprint density at radius 1 is 1.00 bits per heavy atom. The van der Waals surface area contributed by atoms with Crippen molar-refractivity contribution in [3.8, 4) is 0 Å². The Morgan fingerprint density at radius 2 is 1.61 bits per heavy atom. The lowest BCUT2D eigenvalue weighted by molar-refractivity contribution is -0.125. The molecule has 0 aliphatic rings. The lowest BCUT2D eigenvalue weighted by Gasteiger charge is -2.25. The van der Waals surface area contributed by atoms with Gasteiger partial charge in [0.05, 0.1) is 5.41 Å². The van der Waals surface area contributed by atoms with Crippen LogP contribution in [0.2, 0.25) is 5.02 Å². The molecule has 2 aromatic carbocycles. The molecule has 6 nitrogen and oxygen atoms in total. The maximum atomic E-state index is 12.7. The van der Waals surface area contributed by atoms with Gasteiger partial charge in [-0.3, -0.25) is 14.6 Å². The Hall–Kier alpha value is -3.22. The summed E-state index contributed by atoms with van der Waals surface area (Å²) in [7, 11) is 0. The van der Waals surface area contributed by atoms with Crippen molar-refractivity contribution < 1.29 is 9.59 Å². The minimum atomic E-state index is -0.723. The third-order valence-electron chi connectivity index (χ3n) is 5.16. The largest absolute Gasteiger partial charge is 0.353 e. The van der Waals surface area contributed by atoms with Crippen molar-refractivity contribution in [2.45, 2.75) is 25.3 Å². The smallest absolute Gasteiger partial charge is 0.255 e. The van der Waals surface area contributed by atoms with E-state index in [1.165, 1.54) is 0 Å². The molecule has 1 heterocycles. The van der Waals surface area contributed by atoms with Gasteiger partial charge in [0, 0.05) is 41.3 Å². The van der Waals surface area contributed by atoms with Gasteiger partial charge in [0.15, 0.2) is 0 Å². The van der Waals surface area contributed by atoms with Gasteiger partial charge in [-0.25, -0.2) is 0 Å². The molecule has 160 valence electrons. The number of nitrogens with zero attached hydrogens (tertiary/aromatic N) is 1. The van der Waals surface area contributed by atoms with Crippen LogP contribution in [0.1, 0.15) is 41.4 Å². The minimum absolute atomic E-state index is 0.126. The number of pyridine rings is 1. The Balaban J connectivity index is 1.57. The van der Waals surface area contributed by atoms with Gasteiger partial charge >= 0.3 is 0 Å². The first-order chi connectivity index (χ1) is 14.8. The van der Waals surface area contributed by atoms with E-state index in [2.05, 4.69) is 15.6 Å². The number of carbonyl (C=O) groups is 2. The number of halogens is 1. The molecule has 31 heavy (non-hydrogen) atoms. The number of anilines is 1. The fraction of sp³-hybridized carbons (Fsp3) is 0.208. The minimum Gasteiger partial charge on any atom is -0.353 e. The first kappa shape index (κ1) is 22.5. The van der Waals surface area contributed by atoms with Gasteiger partial charge in [0.1, 0.15) is 0 Å². The summed E-state index contributed by atoms with van der Waals surface area (Å²) in [6, 6.07) is 17.3. The van der Waals surface area contributed by atoms with E-state index < -0.39 is 11.5 Å². The number of benzene rings is 2. The van der Waals surface area contributed by atoms with E-state index in [1.807, 2.05) is 26.0 Å².